The fourth-order valence-corrected chi connectivity index (χ4v) is 4.02. The summed E-state index contributed by atoms with van der Waals surface area (Å²) >= 11 is 1.37. The van der Waals surface area contributed by atoms with E-state index in [-0.39, 0.29) is 18.4 Å². The van der Waals surface area contributed by atoms with Crippen molar-refractivity contribution in [1.82, 2.24) is 9.88 Å². The van der Waals surface area contributed by atoms with E-state index in [0.717, 1.165) is 10.6 Å². The van der Waals surface area contributed by atoms with Crippen molar-refractivity contribution in [3.8, 4) is 0 Å². The Labute approximate surface area is 138 Å². The number of hydrogen-bond acceptors (Lipinski definition) is 4. The van der Waals surface area contributed by atoms with Gasteiger partial charge in [0.15, 0.2) is 0 Å². The van der Waals surface area contributed by atoms with Crippen molar-refractivity contribution in [3.63, 3.8) is 0 Å². The Morgan fingerprint density at radius 3 is 2.48 bits per heavy atom. The van der Waals surface area contributed by atoms with E-state index in [1.807, 2.05) is 44.2 Å². The van der Waals surface area contributed by atoms with Gasteiger partial charge in [0, 0.05) is 19.0 Å². The van der Waals surface area contributed by atoms with Gasteiger partial charge in [-0.05, 0) is 19.4 Å². The van der Waals surface area contributed by atoms with Gasteiger partial charge in [-0.25, -0.2) is 4.98 Å². The summed E-state index contributed by atoms with van der Waals surface area (Å²) in [5.74, 6) is -1.72. The second-order valence-corrected chi connectivity index (χ2v) is 7.02. The quantitative estimate of drug-likeness (QED) is 0.939. The highest BCUT2D eigenvalue weighted by Gasteiger charge is 2.41. The van der Waals surface area contributed by atoms with Crippen molar-refractivity contribution >= 4 is 23.2 Å². The number of amides is 1. The third-order valence-corrected chi connectivity index (χ3v) is 5.31. The zero-order valence-electron chi connectivity index (χ0n) is 13.0. The molecule has 1 aromatic carbocycles. The fourth-order valence-electron chi connectivity index (χ4n) is 3.13. The molecule has 3 rings (SSSR count). The topological polar surface area (TPSA) is 70.5 Å². The molecule has 1 saturated heterocycles. The second-order valence-electron chi connectivity index (χ2n) is 5.82. The summed E-state index contributed by atoms with van der Waals surface area (Å²) in [7, 11) is 0. The van der Waals surface area contributed by atoms with Crippen LogP contribution in [0.1, 0.15) is 31.9 Å². The predicted molar refractivity (Wildman–Crippen MR) is 87.8 cm³/mol. The number of hydrogen-bond donors (Lipinski definition) is 1. The molecule has 1 aliphatic heterocycles. The van der Waals surface area contributed by atoms with Crippen LogP contribution in [-0.4, -0.2) is 40.0 Å². The zero-order valence-corrected chi connectivity index (χ0v) is 13.8. The summed E-state index contributed by atoms with van der Waals surface area (Å²) in [5.41, 5.74) is 1.68. The number of aliphatic carboxylic acids is 1. The Bertz CT molecular complexity index is 742. The molecule has 1 aliphatic rings. The highest BCUT2D eigenvalue weighted by Crippen LogP contribution is 2.34. The molecule has 0 unspecified atom stereocenters. The van der Waals surface area contributed by atoms with E-state index < -0.39 is 11.9 Å². The van der Waals surface area contributed by atoms with Crippen LogP contribution in [0.3, 0.4) is 0 Å². The number of carbonyl (C=O) groups is 2. The van der Waals surface area contributed by atoms with Gasteiger partial charge < -0.3 is 10.0 Å². The molecule has 0 bridgehead atoms. The number of aryl methyl sites for hydroxylation is 2. The van der Waals surface area contributed by atoms with Crippen LogP contribution < -0.4 is 0 Å². The largest absolute Gasteiger partial charge is 0.481 e. The molecule has 1 N–H and O–H groups in total. The molecular weight excluding hydrogens is 312 g/mol. The van der Waals surface area contributed by atoms with Crippen LogP contribution >= 0.6 is 11.3 Å². The van der Waals surface area contributed by atoms with E-state index in [2.05, 4.69) is 4.98 Å². The normalized spacial score (nSPS) is 20.7. The Morgan fingerprint density at radius 1 is 1.22 bits per heavy atom. The zero-order chi connectivity index (χ0) is 16.6. The standard InChI is InChI=1S/C17H18N2O3S/c1-10-15(23-11(2)18-10)16(20)19-8-13(14(9-19)17(21)22)12-6-4-3-5-7-12/h3-7,13-14H,8-9H2,1-2H3,(H,21,22)/t13-,14-/m0/s1. The number of likely N-dealkylation sites (tertiary alicyclic amines) is 1. The Balaban J connectivity index is 1.87. The molecular formula is C17H18N2O3S. The summed E-state index contributed by atoms with van der Waals surface area (Å²) in [4.78, 5) is 30.9. The van der Waals surface area contributed by atoms with Crippen LogP contribution in [0.4, 0.5) is 0 Å². The van der Waals surface area contributed by atoms with Gasteiger partial charge in [0.05, 0.1) is 16.6 Å². The van der Waals surface area contributed by atoms with Gasteiger partial charge in [-0.3, -0.25) is 9.59 Å². The summed E-state index contributed by atoms with van der Waals surface area (Å²) in [6.07, 6.45) is 0. The Hall–Kier alpha value is -2.21. The number of benzene rings is 1. The minimum absolute atomic E-state index is 0.113. The van der Waals surface area contributed by atoms with Crippen molar-refractivity contribution in [2.24, 2.45) is 5.92 Å². The molecule has 1 fully saturated rings. The van der Waals surface area contributed by atoms with Gasteiger partial charge in [0.25, 0.3) is 5.91 Å². The molecule has 0 spiro atoms. The van der Waals surface area contributed by atoms with Crippen molar-refractivity contribution < 1.29 is 14.7 Å². The van der Waals surface area contributed by atoms with E-state index in [0.29, 0.717) is 17.1 Å². The van der Waals surface area contributed by atoms with Gasteiger partial charge >= 0.3 is 5.97 Å². The second kappa shape index (κ2) is 6.12. The van der Waals surface area contributed by atoms with Crippen LogP contribution in [0, 0.1) is 19.8 Å². The molecule has 2 atom stereocenters. The van der Waals surface area contributed by atoms with E-state index in [1.54, 1.807) is 4.90 Å². The number of nitrogens with zero attached hydrogens (tertiary/aromatic N) is 2. The van der Waals surface area contributed by atoms with Crippen LogP contribution in [-0.2, 0) is 4.79 Å². The third kappa shape index (κ3) is 2.99. The number of rotatable bonds is 3. The number of carbonyl (C=O) groups excluding carboxylic acids is 1. The number of carboxylic acid groups (broad SMARTS) is 1. The average molecular weight is 330 g/mol. The lowest BCUT2D eigenvalue weighted by Gasteiger charge is -2.16. The lowest BCUT2D eigenvalue weighted by molar-refractivity contribution is -0.141. The minimum Gasteiger partial charge on any atom is -0.481 e. The third-order valence-electron chi connectivity index (χ3n) is 4.25. The van der Waals surface area contributed by atoms with Crippen molar-refractivity contribution in [3.05, 3.63) is 51.5 Å². The molecule has 0 radical (unpaired) electrons. The number of thiazole rings is 1. The maximum atomic E-state index is 12.7. The van der Waals surface area contributed by atoms with E-state index in [9.17, 15) is 14.7 Å². The first-order valence-corrected chi connectivity index (χ1v) is 8.30. The van der Waals surface area contributed by atoms with Crippen LogP contribution in [0.15, 0.2) is 30.3 Å². The van der Waals surface area contributed by atoms with Gasteiger partial charge in [0.2, 0.25) is 0 Å². The minimum atomic E-state index is -0.855. The van der Waals surface area contributed by atoms with E-state index in [4.69, 9.17) is 0 Å². The molecule has 23 heavy (non-hydrogen) atoms. The van der Waals surface area contributed by atoms with Crippen molar-refractivity contribution in [2.45, 2.75) is 19.8 Å². The summed E-state index contributed by atoms with van der Waals surface area (Å²) in [6.45, 7) is 4.35. The summed E-state index contributed by atoms with van der Waals surface area (Å²) < 4.78 is 0. The SMILES string of the molecule is Cc1nc(C)c(C(=O)N2C[C@H](C(=O)O)[C@H](c3ccccc3)C2)s1. The average Bonchev–Trinajstić information content (AvgIpc) is 3.11. The summed E-state index contributed by atoms with van der Waals surface area (Å²) in [6, 6.07) is 9.55. The predicted octanol–water partition coefficient (Wildman–Crippen LogP) is 2.70. The molecule has 1 amide bonds. The molecule has 2 aromatic rings. The van der Waals surface area contributed by atoms with Gasteiger partial charge in [-0.1, -0.05) is 30.3 Å². The van der Waals surface area contributed by atoms with Crippen LogP contribution in [0.25, 0.3) is 0 Å². The lowest BCUT2D eigenvalue weighted by Crippen LogP contribution is -2.29. The van der Waals surface area contributed by atoms with E-state index in [1.165, 1.54) is 11.3 Å². The highest BCUT2D eigenvalue weighted by atomic mass is 32.1. The number of aromatic nitrogens is 1. The first-order chi connectivity index (χ1) is 11.0. The number of carboxylic acids is 1. The maximum absolute atomic E-state index is 12.7. The first kappa shape index (κ1) is 15.7. The molecule has 6 heteroatoms. The van der Waals surface area contributed by atoms with Crippen molar-refractivity contribution in [1.29, 1.82) is 0 Å². The highest BCUT2D eigenvalue weighted by molar-refractivity contribution is 7.13. The molecule has 1 aromatic heterocycles. The van der Waals surface area contributed by atoms with Gasteiger partial charge in [-0.15, -0.1) is 11.3 Å². The van der Waals surface area contributed by atoms with E-state index >= 15 is 0 Å². The molecule has 120 valence electrons. The van der Waals surface area contributed by atoms with Crippen LogP contribution in [0.5, 0.6) is 0 Å². The molecule has 0 saturated carbocycles. The maximum Gasteiger partial charge on any atom is 0.308 e. The van der Waals surface area contributed by atoms with Gasteiger partial charge in [0.1, 0.15) is 4.88 Å². The van der Waals surface area contributed by atoms with Crippen LogP contribution in [0.2, 0.25) is 0 Å². The van der Waals surface area contributed by atoms with Gasteiger partial charge in [-0.2, -0.15) is 0 Å². The molecule has 0 aliphatic carbocycles. The lowest BCUT2D eigenvalue weighted by atomic mass is 9.89. The monoisotopic (exact) mass is 330 g/mol. The smallest absolute Gasteiger partial charge is 0.308 e. The summed E-state index contributed by atoms with van der Waals surface area (Å²) in [5, 5.41) is 10.4. The Kier molecular flexibility index (Phi) is 4.17. The molecule has 2 heterocycles. The fraction of sp³-hybridized carbons (Fsp3) is 0.353. The molecule has 5 nitrogen and oxygen atoms in total. The Morgan fingerprint density at radius 2 is 1.91 bits per heavy atom. The first-order valence-electron chi connectivity index (χ1n) is 7.48. The van der Waals surface area contributed by atoms with Crippen molar-refractivity contribution in [2.75, 3.05) is 13.1 Å².